The zero-order chi connectivity index (χ0) is 18.9. The monoisotopic (exact) mass is 379 g/mol. The zero-order valence-electron chi connectivity index (χ0n) is 16.3. The van der Waals surface area contributed by atoms with Gasteiger partial charge in [-0.1, -0.05) is 48.5 Å². The molecule has 0 amide bonds. The highest BCUT2D eigenvalue weighted by molar-refractivity contribution is 7.98. The maximum absolute atomic E-state index is 4.94. The minimum Gasteiger partial charge on any atom is -0.313 e. The van der Waals surface area contributed by atoms with E-state index in [9.17, 15) is 0 Å². The highest BCUT2D eigenvalue weighted by atomic mass is 32.2. The molecule has 0 saturated heterocycles. The molecule has 0 bridgehead atoms. The Labute approximate surface area is 167 Å². The number of thioether (sulfide) groups is 1. The highest BCUT2D eigenvalue weighted by Crippen LogP contribution is 2.27. The van der Waals surface area contributed by atoms with E-state index in [0.29, 0.717) is 0 Å². The van der Waals surface area contributed by atoms with E-state index in [0.717, 1.165) is 35.9 Å². The first kappa shape index (κ1) is 19.9. The van der Waals surface area contributed by atoms with Crippen LogP contribution < -0.4 is 5.32 Å². The molecule has 2 aromatic carbocycles. The highest BCUT2D eigenvalue weighted by Gasteiger charge is 2.08. The minimum atomic E-state index is 0.872. The second-order valence-corrected chi connectivity index (χ2v) is 8.07. The van der Waals surface area contributed by atoms with Gasteiger partial charge in [-0.15, -0.1) is 11.8 Å². The number of pyridine rings is 1. The van der Waals surface area contributed by atoms with Crippen molar-refractivity contribution >= 4 is 22.7 Å². The molecule has 3 rings (SSSR count). The van der Waals surface area contributed by atoms with E-state index in [2.05, 4.69) is 85.0 Å². The number of nitrogens with zero attached hydrogens (tertiary/aromatic N) is 2. The van der Waals surface area contributed by atoms with Crippen LogP contribution in [0.25, 0.3) is 10.9 Å². The molecule has 0 spiro atoms. The SMILES string of the molecule is CN(C)CCCCNCc1cc2ccccc2nc1SCc1ccccc1. The molecule has 1 heterocycles. The first-order valence-electron chi connectivity index (χ1n) is 9.63. The molecule has 0 unspecified atom stereocenters. The summed E-state index contributed by atoms with van der Waals surface area (Å²) in [5, 5.41) is 5.96. The zero-order valence-corrected chi connectivity index (χ0v) is 17.1. The van der Waals surface area contributed by atoms with Gasteiger partial charge in [0.1, 0.15) is 5.03 Å². The number of hydrogen-bond acceptors (Lipinski definition) is 4. The van der Waals surface area contributed by atoms with Gasteiger partial charge in [-0.3, -0.25) is 0 Å². The lowest BCUT2D eigenvalue weighted by molar-refractivity contribution is 0.391. The predicted molar refractivity (Wildman–Crippen MR) is 117 cm³/mol. The van der Waals surface area contributed by atoms with Crippen molar-refractivity contribution in [3.63, 3.8) is 0 Å². The number of para-hydroxylation sites is 1. The van der Waals surface area contributed by atoms with Crippen LogP contribution in [0.2, 0.25) is 0 Å². The Hall–Kier alpha value is -1.88. The Balaban J connectivity index is 1.65. The number of unbranched alkanes of at least 4 members (excludes halogenated alkanes) is 1. The fourth-order valence-electron chi connectivity index (χ4n) is 3.02. The van der Waals surface area contributed by atoms with Crippen LogP contribution in [0.4, 0.5) is 0 Å². The number of hydrogen-bond donors (Lipinski definition) is 1. The van der Waals surface area contributed by atoms with Crippen LogP contribution in [0.1, 0.15) is 24.0 Å². The average Bonchev–Trinajstić information content (AvgIpc) is 2.69. The van der Waals surface area contributed by atoms with E-state index < -0.39 is 0 Å². The largest absolute Gasteiger partial charge is 0.313 e. The molecule has 4 heteroatoms. The van der Waals surface area contributed by atoms with Crippen molar-refractivity contribution in [3.8, 4) is 0 Å². The molecular weight excluding hydrogens is 350 g/mol. The molecule has 27 heavy (non-hydrogen) atoms. The molecule has 0 saturated carbocycles. The van der Waals surface area contributed by atoms with Crippen LogP contribution >= 0.6 is 11.8 Å². The molecule has 1 N–H and O–H groups in total. The summed E-state index contributed by atoms with van der Waals surface area (Å²) < 4.78 is 0. The Morgan fingerprint density at radius 3 is 2.56 bits per heavy atom. The Morgan fingerprint density at radius 1 is 0.963 bits per heavy atom. The van der Waals surface area contributed by atoms with Crippen molar-refractivity contribution < 1.29 is 0 Å². The fourth-order valence-corrected chi connectivity index (χ4v) is 4.00. The summed E-state index contributed by atoms with van der Waals surface area (Å²) in [4.78, 5) is 7.19. The Morgan fingerprint density at radius 2 is 1.74 bits per heavy atom. The Kier molecular flexibility index (Phi) is 7.69. The van der Waals surface area contributed by atoms with Crippen LogP contribution in [0.5, 0.6) is 0 Å². The van der Waals surface area contributed by atoms with E-state index in [-0.39, 0.29) is 0 Å². The summed E-state index contributed by atoms with van der Waals surface area (Å²) in [5.41, 5.74) is 3.70. The van der Waals surface area contributed by atoms with E-state index in [4.69, 9.17) is 4.98 Å². The van der Waals surface area contributed by atoms with Crippen molar-refractivity contribution in [2.75, 3.05) is 27.2 Å². The standard InChI is InChI=1S/C23H29N3S/c1-26(2)15-9-8-14-24-17-21-16-20-12-6-7-13-22(20)25-23(21)27-18-19-10-4-3-5-11-19/h3-7,10-13,16,24H,8-9,14-15,17-18H2,1-2H3. The third-order valence-corrected chi connectivity index (χ3v) is 5.61. The Bertz CT molecular complexity index is 833. The van der Waals surface area contributed by atoms with Crippen LogP contribution in [0, 0.1) is 0 Å². The average molecular weight is 380 g/mol. The first-order chi connectivity index (χ1) is 13.2. The molecule has 3 nitrogen and oxygen atoms in total. The van der Waals surface area contributed by atoms with Crippen molar-refractivity contribution in [1.82, 2.24) is 15.2 Å². The summed E-state index contributed by atoms with van der Waals surface area (Å²) in [7, 11) is 4.26. The van der Waals surface area contributed by atoms with Gasteiger partial charge in [-0.25, -0.2) is 4.98 Å². The van der Waals surface area contributed by atoms with Gasteiger partial charge in [-0.2, -0.15) is 0 Å². The van der Waals surface area contributed by atoms with Gasteiger partial charge < -0.3 is 10.2 Å². The quantitative estimate of drug-likeness (QED) is 0.398. The molecule has 0 aliphatic heterocycles. The molecule has 1 aromatic heterocycles. The van der Waals surface area contributed by atoms with E-state index >= 15 is 0 Å². The molecule has 0 fully saturated rings. The van der Waals surface area contributed by atoms with Crippen molar-refractivity contribution in [3.05, 3.63) is 71.8 Å². The van der Waals surface area contributed by atoms with Crippen LogP contribution in [-0.2, 0) is 12.3 Å². The number of nitrogens with one attached hydrogen (secondary N) is 1. The van der Waals surface area contributed by atoms with Gasteiger partial charge in [0.15, 0.2) is 0 Å². The minimum absolute atomic E-state index is 0.872. The van der Waals surface area contributed by atoms with Crippen molar-refractivity contribution in [2.24, 2.45) is 0 Å². The van der Waals surface area contributed by atoms with Gasteiger partial charge >= 0.3 is 0 Å². The normalized spacial score (nSPS) is 11.4. The maximum Gasteiger partial charge on any atom is 0.102 e. The van der Waals surface area contributed by atoms with Gasteiger partial charge in [0, 0.05) is 17.7 Å². The molecule has 0 aliphatic rings. The summed E-state index contributed by atoms with van der Waals surface area (Å²) >= 11 is 1.83. The number of aromatic nitrogens is 1. The van der Waals surface area contributed by atoms with Gasteiger partial charge in [0.05, 0.1) is 5.52 Å². The second kappa shape index (κ2) is 10.5. The molecule has 142 valence electrons. The predicted octanol–water partition coefficient (Wildman–Crippen LogP) is 4.96. The fraction of sp³-hybridized carbons (Fsp3) is 0.348. The van der Waals surface area contributed by atoms with Gasteiger partial charge in [-0.05, 0) is 63.3 Å². The summed E-state index contributed by atoms with van der Waals surface area (Å²) in [5.74, 6) is 0.946. The van der Waals surface area contributed by atoms with Gasteiger partial charge in [0.2, 0.25) is 0 Å². The topological polar surface area (TPSA) is 28.2 Å². The van der Waals surface area contributed by atoms with E-state index in [1.54, 1.807) is 0 Å². The third kappa shape index (κ3) is 6.35. The molecule has 0 atom stereocenters. The van der Waals surface area contributed by atoms with Crippen molar-refractivity contribution in [1.29, 1.82) is 0 Å². The first-order valence-corrected chi connectivity index (χ1v) is 10.6. The van der Waals surface area contributed by atoms with Crippen molar-refractivity contribution in [2.45, 2.75) is 30.2 Å². The maximum atomic E-state index is 4.94. The summed E-state index contributed by atoms with van der Waals surface area (Å²) in [6, 6.07) is 21.3. The molecule has 3 aromatic rings. The van der Waals surface area contributed by atoms with E-state index in [1.807, 2.05) is 11.8 Å². The smallest absolute Gasteiger partial charge is 0.102 e. The number of rotatable bonds is 10. The van der Waals surface area contributed by atoms with Crippen LogP contribution in [0.15, 0.2) is 65.7 Å². The summed E-state index contributed by atoms with van der Waals surface area (Å²) in [6.07, 6.45) is 2.43. The molecule has 0 aliphatic carbocycles. The number of benzene rings is 2. The lowest BCUT2D eigenvalue weighted by atomic mass is 10.1. The van der Waals surface area contributed by atoms with Crippen LogP contribution in [-0.4, -0.2) is 37.1 Å². The van der Waals surface area contributed by atoms with Gasteiger partial charge in [0.25, 0.3) is 0 Å². The number of fused-ring (bicyclic) bond motifs is 1. The third-order valence-electron chi connectivity index (χ3n) is 4.51. The van der Waals surface area contributed by atoms with Crippen LogP contribution in [0.3, 0.4) is 0 Å². The lowest BCUT2D eigenvalue weighted by Gasteiger charge is -2.12. The molecule has 0 radical (unpaired) electrons. The molecular formula is C23H29N3S. The lowest BCUT2D eigenvalue weighted by Crippen LogP contribution is -2.18. The summed E-state index contributed by atoms with van der Waals surface area (Å²) in [6.45, 7) is 3.07. The second-order valence-electron chi connectivity index (χ2n) is 7.11. The van der Waals surface area contributed by atoms with E-state index in [1.165, 1.54) is 29.4 Å².